The van der Waals surface area contributed by atoms with Gasteiger partial charge in [0.1, 0.15) is 0 Å². The van der Waals surface area contributed by atoms with Crippen LogP contribution < -0.4 is 0 Å². The highest BCUT2D eigenvalue weighted by molar-refractivity contribution is 5.81. The fourth-order valence-electron chi connectivity index (χ4n) is 2.82. The van der Waals surface area contributed by atoms with Gasteiger partial charge in [0, 0.05) is 18.3 Å². The van der Waals surface area contributed by atoms with Gasteiger partial charge in [-0.05, 0) is 46.0 Å². The smallest absolute Gasteiger partial charge is 0.320 e. The van der Waals surface area contributed by atoms with E-state index in [1.54, 1.807) is 6.92 Å². The van der Waals surface area contributed by atoms with Crippen LogP contribution in [0.3, 0.4) is 0 Å². The Balaban J connectivity index is 1.92. The summed E-state index contributed by atoms with van der Waals surface area (Å²) in [6, 6.07) is 0.370. The van der Waals surface area contributed by atoms with Gasteiger partial charge < -0.3 is 9.64 Å². The second kappa shape index (κ2) is 7.59. The molecule has 0 unspecified atom stereocenters. The van der Waals surface area contributed by atoms with Crippen molar-refractivity contribution in [3.63, 3.8) is 0 Å². The zero-order valence-electron chi connectivity index (χ0n) is 13.1. The van der Waals surface area contributed by atoms with Crippen LogP contribution >= 0.6 is 0 Å². The molecule has 0 aromatic rings. The zero-order chi connectivity index (χ0) is 15.2. The van der Waals surface area contributed by atoms with Crippen LogP contribution in [-0.4, -0.2) is 54.0 Å². The summed E-state index contributed by atoms with van der Waals surface area (Å²) in [6.07, 6.45) is 7.49. The Labute approximate surface area is 126 Å². The standard InChI is InChI=1S/C16H26N2O3/c1-3-18(14-7-5-6-8-14)15(19)11-17(13-9-10-13)12-16(20)21-4-2/h7,13H,3-6,8-12H2,1-2H3. The lowest BCUT2D eigenvalue weighted by molar-refractivity contribution is -0.145. The lowest BCUT2D eigenvalue weighted by atomic mass is 10.3. The Morgan fingerprint density at radius 3 is 2.57 bits per heavy atom. The fourth-order valence-corrected chi connectivity index (χ4v) is 2.82. The second-order valence-corrected chi connectivity index (χ2v) is 5.67. The molecule has 0 heterocycles. The molecular weight excluding hydrogens is 268 g/mol. The summed E-state index contributed by atoms with van der Waals surface area (Å²) in [5.74, 6) is -0.137. The third kappa shape index (κ3) is 4.56. The summed E-state index contributed by atoms with van der Waals surface area (Å²) in [4.78, 5) is 28.0. The van der Waals surface area contributed by atoms with Gasteiger partial charge in [-0.3, -0.25) is 14.5 Å². The molecule has 21 heavy (non-hydrogen) atoms. The van der Waals surface area contributed by atoms with Crippen molar-refractivity contribution in [1.29, 1.82) is 0 Å². The van der Waals surface area contributed by atoms with Gasteiger partial charge in [-0.25, -0.2) is 0 Å². The number of carbonyl (C=O) groups excluding carboxylic acids is 2. The van der Waals surface area contributed by atoms with E-state index >= 15 is 0 Å². The van der Waals surface area contributed by atoms with Crippen molar-refractivity contribution in [3.8, 4) is 0 Å². The van der Waals surface area contributed by atoms with Gasteiger partial charge >= 0.3 is 5.97 Å². The molecule has 0 radical (unpaired) electrons. The van der Waals surface area contributed by atoms with Gasteiger partial charge in [-0.2, -0.15) is 0 Å². The Bertz CT molecular complexity index is 416. The highest BCUT2D eigenvalue weighted by atomic mass is 16.5. The van der Waals surface area contributed by atoms with Crippen LogP contribution in [-0.2, 0) is 14.3 Å². The fraction of sp³-hybridized carbons (Fsp3) is 0.750. The molecule has 0 N–H and O–H groups in total. The van der Waals surface area contributed by atoms with Crippen molar-refractivity contribution in [2.75, 3.05) is 26.2 Å². The maximum absolute atomic E-state index is 12.5. The van der Waals surface area contributed by atoms with Gasteiger partial charge in [0.2, 0.25) is 5.91 Å². The predicted octanol–water partition coefficient (Wildman–Crippen LogP) is 1.93. The number of carbonyl (C=O) groups is 2. The van der Waals surface area contributed by atoms with E-state index in [-0.39, 0.29) is 18.4 Å². The van der Waals surface area contributed by atoms with Gasteiger partial charge in [-0.15, -0.1) is 0 Å². The third-order valence-electron chi connectivity index (χ3n) is 4.02. The van der Waals surface area contributed by atoms with E-state index < -0.39 is 0 Å². The van der Waals surface area contributed by atoms with Crippen LogP contribution in [0.4, 0.5) is 0 Å². The molecule has 0 aromatic carbocycles. The van der Waals surface area contributed by atoms with E-state index in [9.17, 15) is 9.59 Å². The molecular formula is C16H26N2O3. The number of nitrogens with zero attached hydrogens (tertiary/aromatic N) is 2. The molecule has 5 nitrogen and oxygen atoms in total. The molecule has 2 rings (SSSR count). The molecule has 5 heteroatoms. The minimum absolute atomic E-state index is 0.0989. The van der Waals surface area contributed by atoms with Gasteiger partial charge in [0.15, 0.2) is 0 Å². The lowest BCUT2D eigenvalue weighted by Crippen LogP contribution is -2.43. The molecule has 0 bridgehead atoms. The topological polar surface area (TPSA) is 49.9 Å². The van der Waals surface area contributed by atoms with E-state index in [2.05, 4.69) is 6.08 Å². The number of likely N-dealkylation sites (N-methyl/N-ethyl adjacent to an activating group) is 1. The molecule has 0 spiro atoms. The zero-order valence-corrected chi connectivity index (χ0v) is 13.1. The minimum atomic E-state index is -0.236. The third-order valence-corrected chi connectivity index (χ3v) is 4.02. The number of hydrogen-bond donors (Lipinski definition) is 0. The number of esters is 1. The van der Waals surface area contributed by atoms with E-state index in [1.165, 1.54) is 0 Å². The first-order valence-electron chi connectivity index (χ1n) is 8.04. The quantitative estimate of drug-likeness (QED) is 0.642. The van der Waals surface area contributed by atoms with Crippen molar-refractivity contribution in [3.05, 3.63) is 11.8 Å². The summed E-state index contributed by atoms with van der Waals surface area (Å²) in [5.41, 5.74) is 1.15. The summed E-state index contributed by atoms with van der Waals surface area (Å²) in [5, 5.41) is 0. The SMILES string of the molecule is CCOC(=O)CN(CC(=O)N(CC)C1=CCCC1)C1CC1. The van der Waals surface area contributed by atoms with Crippen molar-refractivity contribution in [1.82, 2.24) is 9.80 Å². The molecule has 118 valence electrons. The highest BCUT2D eigenvalue weighted by Gasteiger charge is 2.33. The Hall–Kier alpha value is -1.36. The lowest BCUT2D eigenvalue weighted by Gasteiger charge is -2.27. The Morgan fingerprint density at radius 1 is 1.29 bits per heavy atom. The number of hydrogen-bond acceptors (Lipinski definition) is 4. The van der Waals surface area contributed by atoms with Crippen molar-refractivity contribution in [2.45, 2.75) is 52.0 Å². The van der Waals surface area contributed by atoms with E-state index in [1.807, 2.05) is 16.7 Å². The van der Waals surface area contributed by atoms with Crippen LogP contribution in [0.15, 0.2) is 11.8 Å². The average Bonchev–Trinajstić information content (AvgIpc) is 3.16. The van der Waals surface area contributed by atoms with Crippen LogP contribution in [0.1, 0.15) is 46.0 Å². The molecule has 0 saturated heterocycles. The molecule has 2 aliphatic rings. The average molecular weight is 294 g/mol. The molecule has 0 aromatic heterocycles. The Kier molecular flexibility index (Phi) is 5.79. The second-order valence-electron chi connectivity index (χ2n) is 5.67. The maximum Gasteiger partial charge on any atom is 0.320 e. The molecule has 1 amide bonds. The van der Waals surface area contributed by atoms with Crippen LogP contribution in [0, 0.1) is 0 Å². The van der Waals surface area contributed by atoms with Crippen molar-refractivity contribution in [2.24, 2.45) is 0 Å². The molecule has 0 aliphatic heterocycles. The largest absolute Gasteiger partial charge is 0.465 e. The first-order chi connectivity index (χ1) is 10.2. The first kappa shape index (κ1) is 16.0. The number of ether oxygens (including phenoxy) is 1. The molecule has 2 aliphatic carbocycles. The number of rotatable bonds is 8. The summed E-state index contributed by atoms with van der Waals surface area (Å²) >= 11 is 0. The van der Waals surface area contributed by atoms with E-state index in [4.69, 9.17) is 4.74 Å². The van der Waals surface area contributed by atoms with Crippen molar-refractivity contribution < 1.29 is 14.3 Å². The van der Waals surface area contributed by atoms with Crippen LogP contribution in [0.25, 0.3) is 0 Å². The van der Waals surface area contributed by atoms with E-state index in [0.29, 0.717) is 25.7 Å². The predicted molar refractivity (Wildman–Crippen MR) is 80.5 cm³/mol. The van der Waals surface area contributed by atoms with Gasteiger partial charge in [-0.1, -0.05) is 6.08 Å². The maximum atomic E-state index is 12.5. The molecule has 1 fully saturated rings. The first-order valence-corrected chi connectivity index (χ1v) is 8.04. The monoisotopic (exact) mass is 294 g/mol. The number of allylic oxidation sites excluding steroid dienone is 2. The van der Waals surface area contributed by atoms with Gasteiger partial charge in [0.25, 0.3) is 0 Å². The van der Waals surface area contributed by atoms with Gasteiger partial charge in [0.05, 0.1) is 19.7 Å². The van der Waals surface area contributed by atoms with Crippen molar-refractivity contribution >= 4 is 11.9 Å². The van der Waals surface area contributed by atoms with Crippen LogP contribution in [0.5, 0.6) is 0 Å². The summed E-state index contributed by atoms with van der Waals surface area (Å²) < 4.78 is 5.00. The van der Waals surface area contributed by atoms with Crippen LogP contribution in [0.2, 0.25) is 0 Å². The molecule has 1 saturated carbocycles. The number of amides is 1. The van der Waals surface area contributed by atoms with E-state index in [0.717, 1.165) is 37.8 Å². The Morgan fingerprint density at radius 2 is 2.05 bits per heavy atom. The highest BCUT2D eigenvalue weighted by Crippen LogP contribution is 2.27. The minimum Gasteiger partial charge on any atom is -0.465 e. The molecule has 0 atom stereocenters. The normalized spacial score (nSPS) is 17.8. The summed E-state index contributed by atoms with van der Waals surface area (Å²) in [7, 11) is 0. The summed E-state index contributed by atoms with van der Waals surface area (Å²) in [6.45, 7) is 5.43.